The summed E-state index contributed by atoms with van der Waals surface area (Å²) in [6.45, 7) is 18.9. The summed E-state index contributed by atoms with van der Waals surface area (Å²) in [5.74, 6) is 0. The van der Waals surface area contributed by atoms with Crippen LogP contribution in [0.4, 0.5) is 0 Å². The number of hydrogen-bond acceptors (Lipinski definition) is 30. The Morgan fingerprint density at radius 1 is 0.214 bits per heavy atom. The van der Waals surface area contributed by atoms with Crippen LogP contribution in [0.3, 0.4) is 0 Å². The van der Waals surface area contributed by atoms with Gasteiger partial charge in [-0.2, -0.15) is 0 Å². The first-order valence-corrected chi connectivity index (χ1v) is 27.6. The predicted molar refractivity (Wildman–Crippen MR) is 279 cm³/mol. The fraction of sp³-hybridized carbons (Fsp3) is 0.778. The Kier molecular flexibility index (Phi) is 27.1. The van der Waals surface area contributed by atoms with Gasteiger partial charge >= 0.3 is 0 Å². The van der Waals surface area contributed by atoms with Crippen molar-refractivity contribution in [1.82, 2.24) is 0 Å². The van der Waals surface area contributed by atoms with E-state index in [0.29, 0.717) is 0 Å². The summed E-state index contributed by atoms with van der Waals surface area (Å²) in [4.78, 5) is 0. The quantitative estimate of drug-likeness (QED) is 0.0316. The van der Waals surface area contributed by atoms with Crippen LogP contribution < -0.4 is 0 Å². The Balaban J connectivity index is 1.28. The van der Waals surface area contributed by atoms with Crippen LogP contribution in [-0.2, 0) is 85.3 Å². The van der Waals surface area contributed by atoms with Crippen molar-refractivity contribution < 1.29 is 147 Å². The molecule has 0 saturated carbocycles. The van der Waals surface area contributed by atoms with E-state index in [1.54, 1.807) is 0 Å². The summed E-state index contributed by atoms with van der Waals surface area (Å²) in [5, 5.41) is 142. The van der Waals surface area contributed by atoms with E-state index in [1.165, 1.54) is 36.5 Å². The maximum atomic E-state index is 11.9. The van der Waals surface area contributed by atoms with Crippen molar-refractivity contribution in [3.05, 3.63) is 75.9 Å². The molecular weight excluding hydrogens is 1130 g/mol. The summed E-state index contributed by atoms with van der Waals surface area (Å²) < 4.78 is 108. The highest BCUT2D eigenvalue weighted by Gasteiger charge is 2.59. The molecule has 12 bridgehead atoms. The third-order valence-electron chi connectivity index (χ3n) is 14.7. The van der Waals surface area contributed by atoms with Crippen LogP contribution in [0.15, 0.2) is 75.9 Å². The van der Waals surface area contributed by atoms with Gasteiger partial charge in [-0.15, -0.1) is 39.5 Å². The Hall–Kier alpha value is -2.76. The van der Waals surface area contributed by atoms with E-state index in [2.05, 4.69) is 39.5 Å². The molecule has 0 unspecified atom stereocenters. The summed E-state index contributed by atoms with van der Waals surface area (Å²) >= 11 is 0. The minimum absolute atomic E-state index is 0.0674. The number of hydrogen-bond donors (Lipinski definition) is 12. The molecule has 0 amide bonds. The zero-order chi connectivity index (χ0) is 60.8. The number of aliphatic hydroxyl groups excluding tert-OH is 12. The highest BCUT2D eigenvalue weighted by molar-refractivity contribution is 5.02. The Morgan fingerprint density at radius 3 is 0.464 bits per heavy atom. The topological polar surface area (TPSA) is 409 Å². The molecule has 0 aromatic carbocycles. The molecule has 0 spiro atoms. The summed E-state index contributed by atoms with van der Waals surface area (Å²) in [6, 6.07) is 0. The average molecular weight is 1210 g/mol. The molecule has 22 aliphatic rings. The van der Waals surface area contributed by atoms with E-state index >= 15 is 0 Å². The van der Waals surface area contributed by atoms with Gasteiger partial charge in [-0.05, 0) is 0 Å². The van der Waals surface area contributed by atoms with E-state index in [1.807, 2.05) is 0 Å². The molecular formula is C54H84O30. The van der Waals surface area contributed by atoms with Crippen LogP contribution in [0.25, 0.3) is 0 Å². The lowest BCUT2D eigenvalue weighted by atomic mass is 9.94. The number of rotatable bonds is 24. The first-order chi connectivity index (χ1) is 40.4. The maximum absolute atomic E-state index is 11.9. The summed E-state index contributed by atoms with van der Waals surface area (Å²) in [6.07, 6.45) is -46.0. The van der Waals surface area contributed by atoms with Crippen molar-refractivity contribution in [3.8, 4) is 0 Å². The number of aliphatic hydroxyl groups is 12. The van der Waals surface area contributed by atoms with Gasteiger partial charge in [0, 0.05) is 0 Å². The minimum atomic E-state index is -2.07. The highest BCUT2D eigenvalue weighted by Crippen LogP contribution is 2.39. The minimum Gasteiger partial charge on any atom is -0.387 e. The molecule has 22 fully saturated rings. The molecule has 0 radical (unpaired) electrons. The lowest BCUT2D eigenvalue weighted by molar-refractivity contribution is -0.405. The molecule has 22 heterocycles. The van der Waals surface area contributed by atoms with Crippen LogP contribution in [0.1, 0.15) is 0 Å². The third-order valence-corrected chi connectivity index (χ3v) is 14.7. The molecule has 22 rings (SSSR count). The van der Waals surface area contributed by atoms with Crippen molar-refractivity contribution in [2.45, 2.75) is 184 Å². The zero-order valence-electron chi connectivity index (χ0n) is 46.2. The maximum Gasteiger partial charge on any atom is 0.187 e. The van der Waals surface area contributed by atoms with E-state index in [0.717, 1.165) is 0 Å². The summed E-state index contributed by atoms with van der Waals surface area (Å²) in [7, 11) is 0. The smallest absolute Gasteiger partial charge is 0.187 e. The molecule has 30 atom stereocenters. The van der Waals surface area contributed by atoms with Gasteiger partial charge in [0.25, 0.3) is 0 Å². The summed E-state index contributed by atoms with van der Waals surface area (Å²) in [5.41, 5.74) is 0. The fourth-order valence-corrected chi connectivity index (χ4v) is 10.5. The number of ether oxygens (including phenoxy) is 18. The second-order valence-corrected chi connectivity index (χ2v) is 20.7. The highest BCUT2D eigenvalue weighted by atomic mass is 16.8. The van der Waals surface area contributed by atoms with Crippen molar-refractivity contribution in [3.63, 3.8) is 0 Å². The second kappa shape index (κ2) is 33.2. The van der Waals surface area contributed by atoms with Crippen LogP contribution in [0.5, 0.6) is 0 Å². The first kappa shape index (κ1) is 68.7. The van der Waals surface area contributed by atoms with Gasteiger partial charge in [-0.3, -0.25) is 0 Å². The van der Waals surface area contributed by atoms with Gasteiger partial charge in [0.15, 0.2) is 37.7 Å². The van der Waals surface area contributed by atoms with Gasteiger partial charge in [-0.25, -0.2) is 0 Å². The Labute approximate surface area is 484 Å². The van der Waals surface area contributed by atoms with Crippen molar-refractivity contribution in [2.24, 2.45) is 0 Å². The van der Waals surface area contributed by atoms with Gasteiger partial charge in [0.1, 0.15) is 146 Å². The van der Waals surface area contributed by atoms with Gasteiger partial charge < -0.3 is 147 Å². The third kappa shape index (κ3) is 16.5. The lowest BCUT2D eigenvalue weighted by Gasteiger charge is -2.51. The van der Waals surface area contributed by atoms with Gasteiger partial charge in [0.2, 0.25) is 0 Å². The molecule has 12 N–H and O–H groups in total. The molecule has 30 heteroatoms. The molecule has 84 heavy (non-hydrogen) atoms. The monoisotopic (exact) mass is 1210 g/mol. The average Bonchev–Trinajstić information content (AvgIpc) is 3.59. The van der Waals surface area contributed by atoms with Crippen LogP contribution in [-0.4, -0.2) is 325 Å². The van der Waals surface area contributed by atoms with E-state index < -0.39 is 224 Å². The molecule has 22 aliphatic heterocycles. The first-order valence-electron chi connectivity index (χ1n) is 27.6. The zero-order valence-corrected chi connectivity index (χ0v) is 46.2. The molecule has 0 aromatic rings. The van der Waals surface area contributed by atoms with Crippen LogP contribution in [0, 0.1) is 0 Å². The standard InChI is InChI=1S/C54H84O30/c1-7-13-67-19-25-43-31(55)37(61)49(73-25)80-44-26(20-68-14-8-2)75-51(39(63)33(44)57)82-46-28(22-70-16-10-4)77-53(41(65)35(46)59)84-48-30(24-72-18-12-6)78-54(42(66)36(48)60)83-47-29(23-71-17-11-5)76-52(40(64)34(47)58)81-45-27(21-69-15-9-3)74-50(79-43)38(62)32(45)56/h7-12,25-66H,1-6,13-24H2/t25-,26-,27-,28-,29-,30-,31-,32-,33-,34-,35-,36-,37-,38-,39-,40-,41-,42-,43-,44-,45-,46-,47-,48-,49-,50-,51-,52-,53-,54-/m1/s1. The molecule has 0 aliphatic carbocycles. The second-order valence-electron chi connectivity index (χ2n) is 20.7. The Morgan fingerprint density at radius 2 is 0.345 bits per heavy atom. The van der Waals surface area contributed by atoms with Crippen LogP contribution in [0.2, 0.25) is 0 Å². The molecule has 22 saturated heterocycles. The normalized spacial score (nSPS) is 45.7. The molecule has 480 valence electrons. The SMILES string of the molecule is C=CCOC[C@H]1O[C@@H]2O[C@H]3[C@H](O)[C@@H](O)[C@@H](O[C@H]4[C@H](O)[C@@H](O)[C@@H](O[C@H]5[C@H](O)[C@@H](O)[C@@H](O[C@H]6[C@H](O)[C@@H](O)[C@@H](O[C@H]7[C@H](O)[C@@H](O)[C@@H](O[C@H]1[C@H](O)[C@H]2O)O[C@@H]7COCC=C)O[C@@H]6COCC=C)O[C@@H]5COCC=C)O[C@@H]4COCC=C)O[C@@H]3COCC=C. The molecule has 0 aromatic heterocycles. The van der Waals surface area contributed by atoms with Crippen molar-refractivity contribution >= 4 is 0 Å². The van der Waals surface area contributed by atoms with Gasteiger partial charge in [-0.1, -0.05) is 36.5 Å². The van der Waals surface area contributed by atoms with Crippen molar-refractivity contribution in [2.75, 3.05) is 79.3 Å². The van der Waals surface area contributed by atoms with E-state index in [9.17, 15) is 61.3 Å². The fourth-order valence-electron chi connectivity index (χ4n) is 10.5. The predicted octanol–water partition coefficient (Wildman–Crippen LogP) is -5.79. The molecule has 30 nitrogen and oxygen atoms in total. The lowest BCUT2D eigenvalue weighted by Crippen LogP contribution is -2.69. The van der Waals surface area contributed by atoms with Crippen molar-refractivity contribution in [1.29, 1.82) is 0 Å². The van der Waals surface area contributed by atoms with Gasteiger partial charge in [0.05, 0.1) is 79.3 Å². The van der Waals surface area contributed by atoms with E-state index in [-0.39, 0.29) is 39.6 Å². The van der Waals surface area contributed by atoms with Crippen LogP contribution >= 0.6 is 0 Å². The van der Waals surface area contributed by atoms with E-state index in [4.69, 9.17) is 85.3 Å². The largest absolute Gasteiger partial charge is 0.387 e. The Bertz CT molecular complexity index is 1670.